The van der Waals surface area contributed by atoms with Crippen molar-refractivity contribution in [1.29, 1.82) is 0 Å². The van der Waals surface area contributed by atoms with E-state index in [9.17, 15) is 31.9 Å². The van der Waals surface area contributed by atoms with E-state index in [1.165, 1.54) is 4.90 Å². The first kappa shape index (κ1) is 22.7. The summed E-state index contributed by atoms with van der Waals surface area (Å²) >= 11 is 0. The SMILES string of the molecule is O=C(c1ccc(C2(O)COC2)cc1)N1CCC(C(F)(F)c2ccc(C(F)(F)F)cc2)CC1. The van der Waals surface area contributed by atoms with Crippen LogP contribution in [0.25, 0.3) is 0 Å². The molecule has 1 N–H and O–H groups in total. The minimum Gasteiger partial charge on any atom is -0.380 e. The van der Waals surface area contributed by atoms with Crippen molar-refractivity contribution in [2.45, 2.75) is 30.5 Å². The third kappa shape index (κ3) is 4.23. The summed E-state index contributed by atoms with van der Waals surface area (Å²) in [5.74, 6) is -4.65. The number of nitrogens with zero attached hydrogens (tertiary/aromatic N) is 1. The molecule has 1 amide bonds. The van der Waals surface area contributed by atoms with E-state index in [-0.39, 0.29) is 45.1 Å². The third-order valence-corrected chi connectivity index (χ3v) is 6.24. The molecule has 2 aromatic rings. The Morgan fingerprint density at radius 1 is 0.906 bits per heavy atom. The summed E-state index contributed by atoms with van der Waals surface area (Å²) in [6, 6.07) is 9.47. The predicted molar refractivity (Wildman–Crippen MR) is 105 cm³/mol. The van der Waals surface area contributed by atoms with Crippen molar-refractivity contribution in [1.82, 2.24) is 4.90 Å². The van der Waals surface area contributed by atoms with Gasteiger partial charge in [-0.1, -0.05) is 24.3 Å². The molecule has 2 fully saturated rings. The lowest BCUT2D eigenvalue weighted by atomic mass is 9.86. The molecule has 172 valence electrons. The minimum atomic E-state index is -4.58. The van der Waals surface area contributed by atoms with Gasteiger partial charge in [-0.2, -0.15) is 13.2 Å². The van der Waals surface area contributed by atoms with Crippen LogP contribution in [0.5, 0.6) is 0 Å². The molecule has 0 saturated carbocycles. The zero-order chi connectivity index (χ0) is 23.1. The lowest BCUT2D eigenvalue weighted by Gasteiger charge is -2.37. The average molecular weight is 455 g/mol. The topological polar surface area (TPSA) is 49.8 Å². The van der Waals surface area contributed by atoms with Gasteiger partial charge in [0, 0.05) is 30.1 Å². The average Bonchev–Trinajstić information content (AvgIpc) is 2.76. The molecular weight excluding hydrogens is 433 g/mol. The molecule has 0 unspecified atom stereocenters. The van der Waals surface area contributed by atoms with Crippen LogP contribution < -0.4 is 0 Å². The second kappa shape index (κ2) is 8.12. The molecule has 0 atom stereocenters. The monoisotopic (exact) mass is 455 g/mol. The summed E-state index contributed by atoms with van der Waals surface area (Å²) < 4.78 is 72.9. The molecular formula is C23H22F5NO3. The van der Waals surface area contributed by atoms with Crippen LogP contribution in [0.2, 0.25) is 0 Å². The Morgan fingerprint density at radius 3 is 1.91 bits per heavy atom. The molecule has 0 bridgehead atoms. The Kier molecular flexibility index (Phi) is 5.75. The minimum absolute atomic E-state index is 0.0366. The number of carbonyl (C=O) groups excluding carboxylic acids is 1. The highest BCUT2D eigenvalue weighted by molar-refractivity contribution is 5.94. The Balaban J connectivity index is 1.38. The van der Waals surface area contributed by atoms with Crippen LogP contribution in [0.1, 0.15) is 39.9 Å². The molecule has 0 spiro atoms. The number of hydrogen-bond acceptors (Lipinski definition) is 3. The van der Waals surface area contributed by atoms with Crippen molar-refractivity contribution in [3.63, 3.8) is 0 Å². The third-order valence-electron chi connectivity index (χ3n) is 6.24. The maximum atomic E-state index is 14.9. The van der Waals surface area contributed by atoms with Crippen molar-refractivity contribution in [2.24, 2.45) is 5.92 Å². The van der Waals surface area contributed by atoms with Crippen LogP contribution in [0, 0.1) is 5.92 Å². The smallest absolute Gasteiger partial charge is 0.380 e. The highest BCUT2D eigenvalue weighted by Gasteiger charge is 2.44. The van der Waals surface area contributed by atoms with Crippen molar-refractivity contribution in [2.75, 3.05) is 26.3 Å². The molecule has 4 nitrogen and oxygen atoms in total. The maximum absolute atomic E-state index is 14.9. The number of carbonyl (C=O) groups is 1. The Hall–Kier alpha value is -2.52. The summed E-state index contributed by atoms with van der Waals surface area (Å²) in [5, 5.41) is 10.3. The van der Waals surface area contributed by atoms with E-state index in [1.807, 2.05) is 0 Å². The number of benzene rings is 2. The Morgan fingerprint density at radius 2 is 1.44 bits per heavy atom. The molecule has 0 aromatic heterocycles. The van der Waals surface area contributed by atoms with Gasteiger partial charge in [-0.05, 0) is 42.7 Å². The van der Waals surface area contributed by atoms with E-state index >= 15 is 0 Å². The molecule has 32 heavy (non-hydrogen) atoms. The van der Waals surface area contributed by atoms with E-state index in [1.54, 1.807) is 24.3 Å². The van der Waals surface area contributed by atoms with E-state index in [4.69, 9.17) is 4.74 Å². The van der Waals surface area contributed by atoms with Crippen molar-refractivity contribution < 1.29 is 36.6 Å². The normalized spacial score (nSPS) is 19.5. The number of alkyl halides is 5. The predicted octanol–water partition coefficient (Wildman–Crippen LogP) is 4.57. The van der Waals surface area contributed by atoms with Gasteiger partial charge in [-0.3, -0.25) is 4.79 Å². The van der Waals surface area contributed by atoms with Gasteiger partial charge >= 0.3 is 6.18 Å². The van der Waals surface area contributed by atoms with Gasteiger partial charge in [0.2, 0.25) is 0 Å². The van der Waals surface area contributed by atoms with Gasteiger partial charge < -0.3 is 14.7 Å². The number of aliphatic hydroxyl groups is 1. The largest absolute Gasteiger partial charge is 0.416 e. The standard InChI is InChI=1S/C23H22F5NO3/c24-22(25,17-5-7-19(8-6-17)23(26,27)28)18-9-11-29(12-10-18)20(30)15-1-3-16(4-2-15)21(31)13-32-14-21/h1-8,18,31H,9-14H2. The zero-order valence-electron chi connectivity index (χ0n) is 17.0. The fourth-order valence-electron chi connectivity index (χ4n) is 4.13. The number of ether oxygens (including phenoxy) is 1. The maximum Gasteiger partial charge on any atom is 0.416 e. The van der Waals surface area contributed by atoms with Crippen LogP contribution >= 0.6 is 0 Å². The summed E-state index contributed by atoms with van der Waals surface area (Å²) in [6.45, 7) is 0.639. The molecule has 0 radical (unpaired) electrons. The number of hydrogen-bond donors (Lipinski definition) is 1. The second-order valence-corrected chi connectivity index (χ2v) is 8.37. The summed E-state index contributed by atoms with van der Waals surface area (Å²) in [4.78, 5) is 14.2. The molecule has 2 aliphatic rings. The number of piperidine rings is 1. The van der Waals surface area contributed by atoms with Crippen LogP contribution in [-0.4, -0.2) is 42.2 Å². The van der Waals surface area contributed by atoms with Gasteiger partial charge in [-0.25, -0.2) is 8.78 Å². The molecule has 2 heterocycles. The number of likely N-dealkylation sites (tertiary alicyclic amines) is 1. The highest BCUT2D eigenvalue weighted by atomic mass is 19.4. The first-order valence-corrected chi connectivity index (χ1v) is 10.3. The number of halogens is 5. The summed E-state index contributed by atoms with van der Waals surface area (Å²) in [6.07, 6.45) is -4.51. The molecule has 4 rings (SSSR count). The number of amides is 1. The highest BCUT2D eigenvalue weighted by Crippen LogP contribution is 2.42. The molecule has 2 saturated heterocycles. The van der Waals surface area contributed by atoms with Gasteiger partial charge in [-0.15, -0.1) is 0 Å². The van der Waals surface area contributed by atoms with Crippen LogP contribution in [-0.2, 0) is 22.4 Å². The Labute approximate surface area is 181 Å². The lowest BCUT2D eigenvalue weighted by molar-refractivity contribution is -0.184. The quantitative estimate of drug-likeness (QED) is 0.688. The van der Waals surface area contributed by atoms with Gasteiger partial charge in [0.25, 0.3) is 11.8 Å². The lowest BCUT2D eigenvalue weighted by Crippen LogP contribution is -2.46. The fraction of sp³-hybridized carbons (Fsp3) is 0.435. The van der Waals surface area contributed by atoms with Gasteiger partial charge in [0.15, 0.2) is 0 Å². The van der Waals surface area contributed by atoms with E-state index < -0.39 is 34.7 Å². The zero-order valence-corrected chi connectivity index (χ0v) is 17.0. The van der Waals surface area contributed by atoms with Crippen molar-refractivity contribution in [3.8, 4) is 0 Å². The van der Waals surface area contributed by atoms with Crippen molar-refractivity contribution >= 4 is 5.91 Å². The fourth-order valence-corrected chi connectivity index (χ4v) is 4.13. The van der Waals surface area contributed by atoms with Crippen molar-refractivity contribution in [3.05, 3.63) is 70.8 Å². The summed E-state index contributed by atoms with van der Waals surface area (Å²) in [7, 11) is 0. The first-order valence-electron chi connectivity index (χ1n) is 10.3. The van der Waals surface area contributed by atoms with Crippen LogP contribution in [0.3, 0.4) is 0 Å². The van der Waals surface area contributed by atoms with E-state index in [0.717, 1.165) is 12.1 Å². The van der Waals surface area contributed by atoms with Gasteiger partial charge in [0.1, 0.15) is 5.60 Å². The molecule has 9 heteroatoms. The van der Waals surface area contributed by atoms with E-state index in [2.05, 4.69) is 0 Å². The Bertz CT molecular complexity index is 961. The van der Waals surface area contributed by atoms with Crippen LogP contribution in [0.15, 0.2) is 48.5 Å². The summed E-state index contributed by atoms with van der Waals surface area (Å²) in [5.41, 5.74) is -1.42. The molecule has 2 aliphatic heterocycles. The van der Waals surface area contributed by atoms with E-state index in [0.29, 0.717) is 23.3 Å². The number of rotatable bonds is 4. The first-order chi connectivity index (χ1) is 15.0. The van der Waals surface area contributed by atoms with Gasteiger partial charge in [0.05, 0.1) is 18.8 Å². The second-order valence-electron chi connectivity index (χ2n) is 8.37. The van der Waals surface area contributed by atoms with Crippen LogP contribution in [0.4, 0.5) is 22.0 Å². The molecule has 2 aromatic carbocycles. The molecule has 0 aliphatic carbocycles.